The molecule has 2 heterocycles. The van der Waals surface area contributed by atoms with E-state index in [1.807, 2.05) is 19.1 Å². The monoisotopic (exact) mass is 312 g/mol. The van der Waals surface area contributed by atoms with Gasteiger partial charge in [0.15, 0.2) is 5.13 Å². The predicted octanol–water partition coefficient (Wildman–Crippen LogP) is 3.97. The number of rotatable bonds is 4. The molecule has 3 rings (SSSR count). The molecular formula is C16H16N4OS. The van der Waals surface area contributed by atoms with Gasteiger partial charge in [0.05, 0.1) is 12.8 Å². The smallest absolute Gasteiger partial charge is 0.228 e. The number of benzene rings is 1. The zero-order valence-corrected chi connectivity index (χ0v) is 13.4. The standard InChI is InChI=1S/C16H16N4OS/c1-10-9-12(5-6-13(10)21-3)14-11(2)22-16(19-14)20-15-17-7-4-8-18-15/h4-9H,1-3H3,(H,17,18,19,20). The molecule has 0 spiro atoms. The second-order valence-electron chi connectivity index (χ2n) is 4.81. The average Bonchev–Trinajstić information content (AvgIpc) is 2.88. The third-order valence-electron chi connectivity index (χ3n) is 3.25. The lowest BCUT2D eigenvalue weighted by Crippen LogP contribution is -1.95. The van der Waals surface area contributed by atoms with Crippen LogP contribution in [-0.4, -0.2) is 22.1 Å². The number of nitrogens with one attached hydrogen (secondary N) is 1. The van der Waals surface area contributed by atoms with Crippen molar-refractivity contribution in [1.82, 2.24) is 15.0 Å². The van der Waals surface area contributed by atoms with Crippen LogP contribution in [0.3, 0.4) is 0 Å². The van der Waals surface area contributed by atoms with Crippen molar-refractivity contribution < 1.29 is 4.74 Å². The fraction of sp³-hybridized carbons (Fsp3) is 0.188. The molecule has 3 aromatic rings. The molecule has 0 radical (unpaired) electrons. The summed E-state index contributed by atoms with van der Waals surface area (Å²) in [5.74, 6) is 1.43. The molecule has 0 aliphatic heterocycles. The molecule has 0 fully saturated rings. The molecule has 0 unspecified atom stereocenters. The normalized spacial score (nSPS) is 10.5. The highest BCUT2D eigenvalue weighted by Crippen LogP contribution is 2.33. The number of nitrogens with zero attached hydrogens (tertiary/aromatic N) is 3. The summed E-state index contributed by atoms with van der Waals surface area (Å²) in [7, 11) is 1.68. The predicted molar refractivity (Wildman–Crippen MR) is 88.9 cm³/mol. The van der Waals surface area contributed by atoms with Gasteiger partial charge in [-0.05, 0) is 43.7 Å². The van der Waals surface area contributed by atoms with Crippen LogP contribution in [0.15, 0.2) is 36.7 Å². The lowest BCUT2D eigenvalue weighted by molar-refractivity contribution is 0.412. The Hall–Kier alpha value is -2.47. The first-order valence-corrected chi connectivity index (χ1v) is 7.65. The maximum Gasteiger partial charge on any atom is 0.228 e. The first-order chi connectivity index (χ1) is 10.7. The minimum absolute atomic E-state index is 0.550. The Balaban J connectivity index is 1.91. The number of hydrogen-bond donors (Lipinski definition) is 1. The lowest BCUT2D eigenvalue weighted by atomic mass is 10.1. The van der Waals surface area contributed by atoms with Crippen molar-refractivity contribution in [2.75, 3.05) is 12.4 Å². The van der Waals surface area contributed by atoms with Crippen molar-refractivity contribution in [2.45, 2.75) is 13.8 Å². The van der Waals surface area contributed by atoms with Crippen LogP contribution in [0.5, 0.6) is 5.75 Å². The van der Waals surface area contributed by atoms with Gasteiger partial charge in [0, 0.05) is 22.8 Å². The number of methoxy groups -OCH3 is 1. The maximum atomic E-state index is 5.30. The van der Waals surface area contributed by atoms with Gasteiger partial charge in [-0.2, -0.15) is 0 Å². The van der Waals surface area contributed by atoms with Crippen LogP contribution in [0.25, 0.3) is 11.3 Å². The third-order valence-corrected chi connectivity index (χ3v) is 4.14. The number of ether oxygens (including phenoxy) is 1. The summed E-state index contributed by atoms with van der Waals surface area (Å²) in [4.78, 5) is 14.1. The summed E-state index contributed by atoms with van der Waals surface area (Å²) < 4.78 is 5.30. The van der Waals surface area contributed by atoms with Crippen LogP contribution in [0.1, 0.15) is 10.4 Å². The molecule has 6 heteroatoms. The van der Waals surface area contributed by atoms with Gasteiger partial charge in [-0.25, -0.2) is 15.0 Å². The molecule has 1 aromatic carbocycles. The largest absolute Gasteiger partial charge is 0.496 e. The van der Waals surface area contributed by atoms with E-state index in [1.165, 1.54) is 0 Å². The van der Waals surface area contributed by atoms with E-state index >= 15 is 0 Å². The molecule has 0 atom stereocenters. The van der Waals surface area contributed by atoms with E-state index in [0.29, 0.717) is 5.95 Å². The van der Waals surface area contributed by atoms with Gasteiger partial charge >= 0.3 is 0 Å². The Kier molecular flexibility index (Phi) is 4.02. The Bertz CT molecular complexity index is 786. The van der Waals surface area contributed by atoms with Gasteiger partial charge in [-0.3, -0.25) is 0 Å². The highest BCUT2D eigenvalue weighted by molar-refractivity contribution is 7.16. The summed E-state index contributed by atoms with van der Waals surface area (Å²) in [5.41, 5.74) is 3.14. The molecule has 22 heavy (non-hydrogen) atoms. The SMILES string of the molecule is COc1ccc(-c2nc(Nc3ncccn3)sc2C)cc1C. The van der Waals surface area contributed by atoms with E-state index in [9.17, 15) is 0 Å². The second kappa shape index (κ2) is 6.11. The topological polar surface area (TPSA) is 59.9 Å². The maximum absolute atomic E-state index is 5.30. The van der Waals surface area contributed by atoms with E-state index in [-0.39, 0.29) is 0 Å². The molecule has 112 valence electrons. The minimum atomic E-state index is 0.550. The zero-order chi connectivity index (χ0) is 15.5. The Morgan fingerprint density at radius 1 is 1.14 bits per heavy atom. The van der Waals surface area contributed by atoms with Crippen LogP contribution < -0.4 is 10.1 Å². The molecule has 0 bridgehead atoms. The van der Waals surface area contributed by atoms with Gasteiger partial charge in [-0.1, -0.05) is 0 Å². The first kappa shape index (κ1) is 14.5. The average molecular weight is 312 g/mol. The molecule has 0 saturated carbocycles. The van der Waals surface area contributed by atoms with E-state index in [0.717, 1.165) is 32.6 Å². The number of thiazole rings is 1. The van der Waals surface area contributed by atoms with Crippen LogP contribution in [0.4, 0.5) is 11.1 Å². The Morgan fingerprint density at radius 3 is 2.59 bits per heavy atom. The van der Waals surface area contributed by atoms with Crippen molar-refractivity contribution in [2.24, 2.45) is 0 Å². The van der Waals surface area contributed by atoms with Crippen LogP contribution in [0.2, 0.25) is 0 Å². The van der Waals surface area contributed by atoms with E-state index in [1.54, 1.807) is 36.9 Å². The summed E-state index contributed by atoms with van der Waals surface area (Å²) in [6, 6.07) is 7.86. The molecule has 0 aliphatic rings. The number of hydrogen-bond acceptors (Lipinski definition) is 6. The van der Waals surface area contributed by atoms with Crippen molar-refractivity contribution in [1.29, 1.82) is 0 Å². The van der Waals surface area contributed by atoms with Crippen molar-refractivity contribution in [3.63, 3.8) is 0 Å². The molecule has 2 aromatic heterocycles. The van der Waals surface area contributed by atoms with Crippen LogP contribution >= 0.6 is 11.3 Å². The second-order valence-corrected chi connectivity index (χ2v) is 6.01. The lowest BCUT2D eigenvalue weighted by Gasteiger charge is -2.06. The van der Waals surface area contributed by atoms with Gasteiger partial charge in [0.1, 0.15) is 5.75 Å². The van der Waals surface area contributed by atoms with Gasteiger partial charge in [0.25, 0.3) is 0 Å². The van der Waals surface area contributed by atoms with E-state index in [2.05, 4.69) is 33.3 Å². The number of anilines is 2. The highest BCUT2D eigenvalue weighted by atomic mass is 32.1. The molecule has 0 saturated heterocycles. The first-order valence-electron chi connectivity index (χ1n) is 6.84. The van der Waals surface area contributed by atoms with Gasteiger partial charge in [-0.15, -0.1) is 11.3 Å². The van der Waals surface area contributed by atoms with Crippen molar-refractivity contribution in [3.05, 3.63) is 47.1 Å². The third kappa shape index (κ3) is 2.92. The van der Waals surface area contributed by atoms with Crippen molar-refractivity contribution in [3.8, 4) is 17.0 Å². The van der Waals surface area contributed by atoms with Gasteiger partial charge in [0.2, 0.25) is 5.95 Å². The summed E-state index contributed by atoms with van der Waals surface area (Å²) >= 11 is 1.59. The molecule has 1 N–H and O–H groups in total. The summed E-state index contributed by atoms with van der Waals surface area (Å²) in [6.07, 6.45) is 3.40. The molecule has 5 nitrogen and oxygen atoms in total. The molecular weight excluding hydrogens is 296 g/mol. The molecule has 0 amide bonds. The summed E-state index contributed by atoms with van der Waals surface area (Å²) in [6.45, 7) is 4.09. The minimum Gasteiger partial charge on any atom is -0.496 e. The summed E-state index contributed by atoms with van der Waals surface area (Å²) in [5, 5.41) is 3.92. The van der Waals surface area contributed by atoms with Crippen molar-refractivity contribution >= 4 is 22.4 Å². The van der Waals surface area contributed by atoms with Gasteiger partial charge < -0.3 is 10.1 Å². The van der Waals surface area contributed by atoms with E-state index in [4.69, 9.17) is 4.74 Å². The van der Waals surface area contributed by atoms with Crippen LogP contribution in [-0.2, 0) is 0 Å². The quantitative estimate of drug-likeness (QED) is 0.790. The fourth-order valence-corrected chi connectivity index (χ4v) is 3.03. The zero-order valence-electron chi connectivity index (χ0n) is 12.6. The molecule has 0 aliphatic carbocycles. The number of aryl methyl sites for hydroxylation is 2. The van der Waals surface area contributed by atoms with E-state index < -0.39 is 0 Å². The van der Waals surface area contributed by atoms with Crippen LogP contribution in [0, 0.1) is 13.8 Å². The highest BCUT2D eigenvalue weighted by Gasteiger charge is 2.12. The fourth-order valence-electron chi connectivity index (χ4n) is 2.20. The Morgan fingerprint density at radius 2 is 1.91 bits per heavy atom. The number of aromatic nitrogens is 3. The Labute approximate surface area is 133 Å².